The summed E-state index contributed by atoms with van der Waals surface area (Å²) in [5.41, 5.74) is 1.71. The largest absolute Gasteiger partial charge is 0.254 e. The first kappa shape index (κ1) is 10.1. The Kier molecular flexibility index (Phi) is 2.97. The van der Waals surface area contributed by atoms with Gasteiger partial charge in [0.25, 0.3) is 0 Å². The van der Waals surface area contributed by atoms with Gasteiger partial charge in [0.2, 0.25) is 0 Å². The molecule has 2 aromatic heterocycles. The fraction of sp³-hybridized carbons (Fsp3) is 0.300. The number of aromatic nitrogens is 4. The van der Waals surface area contributed by atoms with Crippen LogP contribution >= 0.6 is 11.6 Å². The molecular formula is C10H11ClN4. The van der Waals surface area contributed by atoms with Crippen molar-refractivity contribution in [2.45, 2.75) is 19.9 Å². The molecule has 0 bridgehead atoms. The van der Waals surface area contributed by atoms with Gasteiger partial charge in [0.15, 0.2) is 0 Å². The fourth-order valence-electron chi connectivity index (χ4n) is 1.38. The highest BCUT2D eigenvalue weighted by molar-refractivity contribution is 6.30. The van der Waals surface area contributed by atoms with E-state index >= 15 is 0 Å². The molecule has 4 nitrogen and oxygen atoms in total. The number of aryl methyl sites for hydroxylation is 1. The second-order valence-corrected chi connectivity index (χ2v) is 3.64. The van der Waals surface area contributed by atoms with Crippen LogP contribution in [0.1, 0.15) is 13.3 Å². The molecule has 0 amide bonds. The molecule has 0 aromatic carbocycles. The lowest BCUT2D eigenvalue weighted by molar-refractivity contribution is 0.583. The fourth-order valence-corrected chi connectivity index (χ4v) is 1.54. The van der Waals surface area contributed by atoms with Gasteiger partial charge >= 0.3 is 0 Å². The summed E-state index contributed by atoms with van der Waals surface area (Å²) in [6.45, 7) is 2.93. The Labute approximate surface area is 92.9 Å². The first-order chi connectivity index (χ1) is 7.31. The summed E-state index contributed by atoms with van der Waals surface area (Å²) in [4.78, 5) is 4.24. The highest BCUT2D eigenvalue weighted by Gasteiger charge is 2.07. The molecule has 0 spiro atoms. The molecule has 2 aromatic rings. The number of hydrogen-bond acceptors (Lipinski definition) is 3. The third-order valence-corrected chi connectivity index (χ3v) is 2.27. The summed E-state index contributed by atoms with van der Waals surface area (Å²) in [7, 11) is 0. The summed E-state index contributed by atoms with van der Waals surface area (Å²) < 4.78 is 1.83. The van der Waals surface area contributed by atoms with Gasteiger partial charge in [0.05, 0.1) is 11.9 Å². The number of pyridine rings is 1. The Morgan fingerprint density at radius 3 is 3.07 bits per heavy atom. The predicted molar refractivity (Wildman–Crippen MR) is 58.6 cm³/mol. The van der Waals surface area contributed by atoms with Crippen molar-refractivity contribution in [2.75, 3.05) is 0 Å². The summed E-state index contributed by atoms with van der Waals surface area (Å²) >= 11 is 5.90. The van der Waals surface area contributed by atoms with Crippen LogP contribution in [0.25, 0.3) is 11.4 Å². The number of halogens is 1. The van der Waals surface area contributed by atoms with E-state index in [0.29, 0.717) is 5.02 Å². The molecule has 0 N–H and O–H groups in total. The lowest BCUT2D eigenvalue weighted by Crippen LogP contribution is -2.02. The van der Waals surface area contributed by atoms with Gasteiger partial charge in [0, 0.05) is 17.8 Å². The van der Waals surface area contributed by atoms with Crippen LogP contribution in [0.15, 0.2) is 24.5 Å². The van der Waals surface area contributed by atoms with Gasteiger partial charge in [-0.15, -0.1) is 5.10 Å². The highest BCUT2D eigenvalue weighted by Crippen LogP contribution is 2.18. The number of hydrogen-bond donors (Lipinski definition) is 0. The standard InChI is InChI=1S/C10H11ClN4/c1-2-5-15-10(7-13-14-15)9-6-8(11)3-4-12-9/h3-4,6-7H,2,5H2,1H3. The van der Waals surface area contributed by atoms with Crippen molar-refractivity contribution >= 4 is 11.6 Å². The minimum absolute atomic E-state index is 0.671. The van der Waals surface area contributed by atoms with Gasteiger partial charge in [-0.2, -0.15) is 0 Å². The van der Waals surface area contributed by atoms with Gasteiger partial charge in [-0.3, -0.25) is 4.98 Å². The second-order valence-electron chi connectivity index (χ2n) is 3.20. The molecule has 0 saturated heterocycles. The number of nitrogens with zero attached hydrogens (tertiary/aromatic N) is 4. The van der Waals surface area contributed by atoms with Crippen LogP contribution in [0.5, 0.6) is 0 Å². The molecule has 78 valence electrons. The van der Waals surface area contributed by atoms with Gasteiger partial charge in [0.1, 0.15) is 5.69 Å². The first-order valence-corrected chi connectivity index (χ1v) is 5.19. The van der Waals surface area contributed by atoms with Crippen molar-refractivity contribution in [2.24, 2.45) is 0 Å². The van der Waals surface area contributed by atoms with Crippen molar-refractivity contribution in [1.82, 2.24) is 20.0 Å². The molecule has 0 radical (unpaired) electrons. The zero-order valence-corrected chi connectivity index (χ0v) is 9.15. The first-order valence-electron chi connectivity index (χ1n) is 4.81. The maximum Gasteiger partial charge on any atom is 0.107 e. The molecule has 15 heavy (non-hydrogen) atoms. The summed E-state index contributed by atoms with van der Waals surface area (Å²) in [5, 5.41) is 8.54. The molecule has 2 heterocycles. The van der Waals surface area contributed by atoms with Crippen LogP contribution in [0, 0.1) is 0 Å². The van der Waals surface area contributed by atoms with Gasteiger partial charge in [-0.05, 0) is 18.6 Å². The third-order valence-electron chi connectivity index (χ3n) is 2.04. The predicted octanol–water partition coefficient (Wildman–Crippen LogP) is 2.40. The van der Waals surface area contributed by atoms with E-state index in [2.05, 4.69) is 22.2 Å². The molecule has 0 fully saturated rings. The van der Waals surface area contributed by atoms with Crippen LogP contribution in [-0.4, -0.2) is 20.0 Å². The van der Waals surface area contributed by atoms with Crippen LogP contribution in [0.4, 0.5) is 0 Å². The van der Waals surface area contributed by atoms with E-state index in [1.807, 2.05) is 10.7 Å². The topological polar surface area (TPSA) is 43.6 Å². The molecule has 5 heteroatoms. The quantitative estimate of drug-likeness (QED) is 0.801. The Bertz CT molecular complexity index is 452. The zero-order chi connectivity index (χ0) is 10.7. The zero-order valence-electron chi connectivity index (χ0n) is 8.39. The van der Waals surface area contributed by atoms with Crippen LogP contribution in [0.3, 0.4) is 0 Å². The van der Waals surface area contributed by atoms with Crippen molar-refractivity contribution in [3.8, 4) is 11.4 Å². The molecule has 0 atom stereocenters. The lowest BCUT2D eigenvalue weighted by atomic mass is 10.3. The smallest absolute Gasteiger partial charge is 0.107 e. The van der Waals surface area contributed by atoms with Crippen molar-refractivity contribution < 1.29 is 0 Å². The van der Waals surface area contributed by atoms with Crippen LogP contribution in [0.2, 0.25) is 5.02 Å². The summed E-state index contributed by atoms with van der Waals surface area (Å²) in [6, 6.07) is 3.56. The van der Waals surface area contributed by atoms with Crippen molar-refractivity contribution in [3.05, 3.63) is 29.5 Å². The van der Waals surface area contributed by atoms with E-state index < -0.39 is 0 Å². The molecule has 0 aliphatic rings. The Morgan fingerprint density at radius 1 is 1.47 bits per heavy atom. The minimum Gasteiger partial charge on any atom is -0.254 e. The van der Waals surface area contributed by atoms with E-state index in [1.54, 1.807) is 18.5 Å². The van der Waals surface area contributed by atoms with E-state index in [0.717, 1.165) is 24.4 Å². The molecular weight excluding hydrogens is 212 g/mol. The Hall–Kier alpha value is -1.42. The maximum atomic E-state index is 5.90. The maximum absolute atomic E-state index is 5.90. The van der Waals surface area contributed by atoms with E-state index in [-0.39, 0.29) is 0 Å². The van der Waals surface area contributed by atoms with Gasteiger partial charge in [-0.1, -0.05) is 23.7 Å². The van der Waals surface area contributed by atoms with E-state index in [9.17, 15) is 0 Å². The lowest BCUT2D eigenvalue weighted by Gasteiger charge is -2.03. The molecule has 2 rings (SSSR count). The van der Waals surface area contributed by atoms with E-state index in [1.165, 1.54) is 0 Å². The van der Waals surface area contributed by atoms with Crippen LogP contribution < -0.4 is 0 Å². The van der Waals surface area contributed by atoms with Crippen molar-refractivity contribution in [3.63, 3.8) is 0 Å². The Morgan fingerprint density at radius 2 is 2.33 bits per heavy atom. The number of rotatable bonds is 3. The molecule has 0 aliphatic heterocycles. The normalized spacial score (nSPS) is 10.5. The molecule has 0 aliphatic carbocycles. The van der Waals surface area contributed by atoms with Gasteiger partial charge < -0.3 is 0 Å². The van der Waals surface area contributed by atoms with E-state index in [4.69, 9.17) is 11.6 Å². The Balaban J connectivity index is 2.40. The summed E-state index contributed by atoms with van der Waals surface area (Å²) in [6.07, 6.45) is 4.40. The average Bonchev–Trinajstić information content (AvgIpc) is 2.66. The SMILES string of the molecule is CCCn1nncc1-c1cc(Cl)ccn1. The van der Waals surface area contributed by atoms with Gasteiger partial charge in [-0.25, -0.2) is 4.68 Å². The summed E-state index contributed by atoms with van der Waals surface area (Å²) in [5.74, 6) is 0. The average molecular weight is 223 g/mol. The monoisotopic (exact) mass is 222 g/mol. The second kappa shape index (κ2) is 4.40. The third kappa shape index (κ3) is 2.15. The molecule has 0 unspecified atom stereocenters. The molecule has 0 saturated carbocycles. The van der Waals surface area contributed by atoms with Crippen molar-refractivity contribution in [1.29, 1.82) is 0 Å². The van der Waals surface area contributed by atoms with Crippen LogP contribution in [-0.2, 0) is 6.54 Å². The minimum atomic E-state index is 0.671. The highest BCUT2D eigenvalue weighted by atomic mass is 35.5.